The van der Waals surface area contributed by atoms with Crippen molar-refractivity contribution in [2.75, 3.05) is 11.9 Å². The topological polar surface area (TPSA) is 59.7 Å². The number of fused-ring (bicyclic) bond motifs is 1. The smallest absolute Gasteiger partial charge is 0.152 e. The molecule has 3 heterocycles. The van der Waals surface area contributed by atoms with Crippen molar-refractivity contribution in [3.05, 3.63) is 54.2 Å². The van der Waals surface area contributed by atoms with Crippen LogP contribution in [0.2, 0.25) is 0 Å². The Morgan fingerprint density at radius 3 is 3.00 bits per heavy atom. The van der Waals surface area contributed by atoms with E-state index in [0.29, 0.717) is 6.54 Å². The summed E-state index contributed by atoms with van der Waals surface area (Å²) in [5, 5.41) is 0. The van der Waals surface area contributed by atoms with Gasteiger partial charge < -0.3 is 19.5 Å². The molecule has 3 aromatic heterocycles. The Kier molecular flexibility index (Phi) is 2.97. The van der Waals surface area contributed by atoms with E-state index in [1.165, 1.54) is 0 Å². The van der Waals surface area contributed by atoms with Crippen molar-refractivity contribution in [3.8, 4) is 0 Å². The van der Waals surface area contributed by atoms with Crippen molar-refractivity contribution in [2.45, 2.75) is 13.1 Å². The van der Waals surface area contributed by atoms with E-state index in [1.54, 1.807) is 12.5 Å². The highest BCUT2D eigenvalue weighted by molar-refractivity contribution is 5.55. The van der Waals surface area contributed by atoms with Gasteiger partial charge in [-0.05, 0) is 18.2 Å². The number of rotatable bonds is 4. The molecule has 0 unspecified atom stereocenters. The SMILES string of the molecule is CN(Cc1ccoc1)c1nc2ccccn2c1CN. The minimum absolute atomic E-state index is 0.455. The Bertz CT molecular complexity index is 672. The summed E-state index contributed by atoms with van der Waals surface area (Å²) in [7, 11) is 2.01. The highest BCUT2D eigenvalue weighted by atomic mass is 16.3. The third-order valence-corrected chi connectivity index (χ3v) is 3.16. The molecule has 0 radical (unpaired) electrons. The van der Waals surface area contributed by atoms with Gasteiger partial charge >= 0.3 is 0 Å². The summed E-state index contributed by atoms with van der Waals surface area (Å²) < 4.78 is 7.12. The van der Waals surface area contributed by atoms with E-state index < -0.39 is 0 Å². The first-order valence-electron chi connectivity index (χ1n) is 6.18. The Hall–Kier alpha value is -2.27. The van der Waals surface area contributed by atoms with Crippen molar-refractivity contribution >= 4 is 11.5 Å². The second-order valence-electron chi connectivity index (χ2n) is 4.50. The Balaban J connectivity index is 1.99. The Morgan fingerprint density at radius 2 is 2.26 bits per heavy atom. The molecule has 0 saturated heterocycles. The first-order valence-corrected chi connectivity index (χ1v) is 6.18. The van der Waals surface area contributed by atoms with Gasteiger partial charge in [0.25, 0.3) is 0 Å². The van der Waals surface area contributed by atoms with Gasteiger partial charge in [0.1, 0.15) is 5.65 Å². The second-order valence-corrected chi connectivity index (χ2v) is 4.50. The van der Waals surface area contributed by atoms with Crippen LogP contribution in [0.15, 0.2) is 47.4 Å². The van der Waals surface area contributed by atoms with Crippen LogP contribution in [0.4, 0.5) is 5.82 Å². The number of pyridine rings is 1. The molecule has 0 amide bonds. The molecule has 0 aliphatic rings. The van der Waals surface area contributed by atoms with Gasteiger partial charge in [0, 0.05) is 31.9 Å². The van der Waals surface area contributed by atoms with Gasteiger partial charge in [0.05, 0.1) is 18.2 Å². The van der Waals surface area contributed by atoms with Crippen LogP contribution in [0.5, 0.6) is 0 Å². The number of furan rings is 1. The summed E-state index contributed by atoms with van der Waals surface area (Å²) in [5.74, 6) is 0.912. The van der Waals surface area contributed by atoms with Gasteiger partial charge in [-0.25, -0.2) is 4.98 Å². The first-order chi connectivity index (χ1) is 9.29. The number of imidazole rings is 1. The molecule has 0 fully saturated rings. The van der Waals surface area contributed by atoms with Crippen LogP contribution in [0.1, 0.15) is 11.3 Å². The number of hydrogen-bond acceptors (Lipinski definition) is 4. The molecule has 0 bridgehead atoms. The molecule has 2 N–H and O–H groups in total. The van der Waals surface area contributed by atoms with E-state index in [1.807, 2.05) is 41.9 Å². The molecule has 0 spiro atoms. The maximum atomic E-state index is 5.87. The molecule has 19 heavy (non-hydrogen) atoms. The predicted molar refractivity (Wildman–Crippen MR) is 73.9 cm³/mol. The van der Waals surface area contributed by atoms with E-state index in [-0.39, 0.29) is 0 Å². The molecule has 98 valence electrons. The Morgan fingerprint density at radius 1 is 1.37 bits per heavy atom. The van der Waals surface area contributed by atoms with Crippen LogP contribution in [-0.4, -0.2) is 16.4 Å². The summed E-state index contributed by atoms with van der Waals surface area (Å²) in [6.07, 6.45) is 5.41. The molecule has 0 aromatic carbocycles. The molecule has 5 nitrogen and oxygen atoms in total. The summed E-state index contributed by atoms with van der Waals surface area (Å²) in [6, 6.07) is 7.89. The Labute approximate surface area is 111 Å². The second kappa shape index (κ2) is 4.78. The highest BCUT2D eigenvalue weighted by Gasteiger charge is 2.14. The summed E-state index contributed by atoms with van der Waals surface area (Å²) in [4.78, 5) is 6.73. The van der Waals surface area contributed by atoms with Gasteiger partial charge in [-0.15, -0.1) is 0 Å². The van der Waals surface area contributed by atoms with E-state index in [9.17, 15) is 0 Å². The van der Waals surface area contributed by atoms with Crippen LogP contribution < -0.4 is 10.6 Å². The van der Waals surface area contributed by atoms with Crippen LogP contribution in [-0.2, 0) is 13.1 Å². The van der Waals surface area contributed by atoms with E-state index in [0.717, 1.165) is 29.3 Å². The number of nitrogens with zero attached hydrogens (tertiary/aromatic N) is 3. The molecule has 3 rings (SSSR count). The zero-order chi connectivity index (χ0) is 13.2. The van der Waals surface area contributed by atoms with E-state index in [4.69, 9.17) is 10.2 Å². The van der Waals surface area contributed by atoms with Crippen molar-refractivity contribution in [1.29, 1.82) is 0 Å². The fraction of sp³-hybridized carbons (Fsp3) is 0.214. The highest BCUT2D eigenvalue weighted by Crippen LogP contribution is 2.21. The van der Waals surface area contributed by atoms with Gasteiger partial charge in [-0.2, -0.15) is 0 Å². The lowest BCUT2D eigenvalue weighted by atomic mass is 10.3. The van der Waals surface area contributed by atoms with Crippen LogP contribution >= 0.6 is 0 Å². The fourth-order valence-electron chi connectivity index (χ4n) is 2.26. The molecular weight excluding hydrogens is 240 g/mol. The van der Waals surface area contributed by atoms with Crippen molar-refractivity contribution in [1.82, 2.24) is 9.38 Å². The summed E-state index contributed by atoms with van der Waals surface area (Å²) in [5.41, 5.74) is 8.91. The molecular formula is C14H16N4O. The molecule has 0 atom stereocenters. The molecule has 0 aliphatic heterocycles. The van der Waals surface area contributed by atoms with Gasteiger partial charge in [-0.3, -0.25) is 0 Å². The minimum atomic E-state index is 0.455. The average molecular weight is 256 g/mol. The van der Waals surface area contributed by atoms with E-state index in [2.05, 4.69) is 9.88 Å². The number of nitrogens with two attached hydrogens (primary N) is 1. The summed E-state index contributed by atoms with van der Waals surface area (Å²) >= 11 is 0. The lowest BCUT2D eigenvalue weighted by molar-refractivity contribution is 0.563. The monoisotopic (exact) mass is 256 g/mol. The van der Waals surface area contributed by atoms with E-state index >= 15 is 0 Å². The van der Waals surface area contributed by atoms with Crippen LogP contribution in [0.3, 0.4) is 0 Å². The third kappa shape index (κ3) is 2.08. The quantitative estimate of drug-likeness (QED) is 0.776. The lowest BCUT2D eigenvalue weighted by Gasteiger charge is -2.16. The van der Waals surface area contributed by atoms with Gasteiger partial charge in [-0.1, -0.05) is 6.07 Å². The molecule has 0 saturated carbocycles. The number of aromatic nitrogens is 2. The van der Waals surface area contributed by atoms with Crippen molar-refractivity contribution in [2.24, 2.45) is 5.73 Å². The average Bonchev–Trinajstić information content (AvgIpc) is 3.04. The molecule has 0 aliphatic carbocycles. The summed E-state index contributed by atoms with van der Waals surface area (Å²) in [6.45, 7) is 1.20. The normalized spacial score (nSPS) is 11.1. The van der Waals surface area contributed by atoms with Gasteiger partial charge in [0.2, 0.25) is 0 Å². The maximum Gasteiger partial charge on any atom is 0.152 e. The van der Waals surface area contributed by atoms with Crippen molar-refractivity contribution < 1.29 is 4.42 Å². The predicted octanol–water partition coefficient (Wildman–Crippen LogP) is 2.02. The molecule has 3 aromatic rings. The lowest BCUT2D eigenvalue weighted by Crippen LogP contribution is -2.19. The van der Waals surface area contributed by atoms with Crippen molar-refractivity contribution in [3.63, 3.8) is 0 Å². The van der Waals surface area contributed by atoms with Gasteiger partial charge in [0.15, 0.2) is 5.82 Å². The largest absolute Gasteiger partial charge is 0.472 e. The molecule has 5 heteroatoms. The zero-order valence-corrected chi connectivity index (χ0v) is 10.8. The first kappa shape index (κ1) is 11.8. The third-order valence-electron chi connectivity index (χ3n) is 3.16. The number of anilines is 1. The zero-order valence-electron chi connectivity index (χ0n) is 10.8. The maximum absolute atomic E-state index is 5.87. The standard InChI is InChI=1S/C14H16N4O/c1-17(9-11-5-7-19-10-11)14-12(8-15)18-6-3-2-4-13(18)16-14/h2-7,10H,8-9,15H2,1H3. The minimum Gasteiger partial charge on any atom is -0.472 e. The fourth-order valence-corrected chi connectivity index (χ4v) is 2.26. The van der Waals surface area contributed by atoms with Crippen LogP contribution in [0, 0.1) is 0 Å². The number of hydrogen-bond donors (Lipinski definition) is 1. The van der Waals surface area contributed by atoms with Crippen LogP contribution in [0.25, 0.3) is 5.65 Å².